The minimum atomic E-state index is -0.187. The molecule has 2 heterocycles. The van der Waals surface area contributed by atoms with Crippen LogP contribution in [-0.2, 0) is 17.7 Å². The zero-order valence-electron chi connectivity index (χ0n) is 20.5. The zero-order chi connectivity index (χ0) is 23.8. The molecule has 0 N–H and O–H groups in total. The monoisotopic (exact) mass is 470 g/mol. The Labute approximate surface area is 208 Å². The van der Waals surface area contributed by atoms with Gasteiger partial charge in [-0.2, -0.15) is 0 Å². The maximum absolute atomic E-state index is 13.7. The van der Waals surface area contributed by atoms with E-state index in [1.807, 2.05) is 12.1 Å². The lowest BCUT2D eigenvalue weighted by Crippen LogP contribution is -2.50. The van der Waals surface area contributed by atoms with Gasteiger partial charge in [0.25, 0.3) is 0 Å². The summed E-state index contributed by atoms with van der Waals surface area (Å²) in [5.74, 6) is 1.01. The molecule has 1 aliphatic carbocycles. The summed E-state index contributed by atoms with van der Waals surface area (Å²) in [7, 11) is 0. The quantitative estimate of drug-likeness (QED) is 0.436. The van der Waals surface area contributed by atoms with Gasteiger partial charge in [-0.05, 0) is 72.4 Å². The number of rotatable bonds is 6. The number of nitrogens with zero attached hydrogens (tertiary/aromatic N) is 2. The molecular formula is C31H35FN2O. The van der Waals surface area contributed by atoms with Crippen molar-refractivity contribution in [3.05, 3.63) is 107 Å². The van der Waals surface area contributed by atoms with Crippen LogP contribution < -0.4 is 0 Å². The van der Waals surface area contributed by atoms with E-state index in [1.54, 1.807) is 12.1 Å². The third kappa shape index (κ3) is 4.67. The fourth-order valence-electron chi connectivity index (χ4n) is 6.76. The van der Waals surface area contributed by atoms with Gasteiger partial charge >= 0.3 is 0 Å². The van der Waals surface area contributed by atoms with E-state index in [0.29, 0.717) is 17.9 Å². The van der Waals surface area contributed by atoms with Gasteiger partial charge in [0.1, 0.15) is 12.0 Å². The molecule has 2 aliphatic heterocycles. The summed E-state index contributed by atoms with van der Waals surface area (Å²) in [5, 5.41) is 0. The molecule has 4 heteroatoms. The van der Waals surface area contributed by atoms with Crippen molar-refractivity contribution in [2.45, 2.75) is 51.1 Å². The van der Waals surface area contributed by atoms with Crippen LogP contribution in [-0.4, -0.2) is 41.8 Å². The number of fused-ring (bicyclic) bond motifs is 3. The molecule has 6 rings (SSSR count). The number of piperidine rings is 1. The predicted octanol–water partition coefficient (Wildman–Crippen LogP) is 6.05. The number of benzene rings is 3. The van der Waals surface area contributed by atoms with Crippen LogP contribution in [0.2, 0.25) is 0 Å². The first-order valence-corrected chi connectivity index (χ1v) is 13.2. The summed E-state index contributed by atoms with van der Waals surface area (Å²) in [5.41, 5.74) is 5.24. The number of ether oxygens (including phenoxy) is 1. The second-order valence-corrected chi connectivity index (χ2v) is 10.6. The molecule has 2 fully saturated rings. The summed E-state index contributed by atoms with van der Waals surface area (Å²) in [6.07, 6.45) is 3.87. The Kier molecular flexibility index (Phi) is 6.44. The van der Waals surface area contributed by atoms with Gasteiger partial charge in [-0.1, -0.05) is 66.7 Å². The van der Waals surface area contributed by atoms with E-state index in [4.69, 9.17) is 4.74 Å². The van der Waals surface area contributed by atoms with Crippen LogP contribution in [0, 0.1) is 17.7 Å². The van der Waals surface area contributed by atoms with Gasteiger partial charge in [0.15, 0.2) is 0 Å². The SMILES string of the molecule is CC(OC1C2CCC1CN(Cc1ccccc1)C2)N1CCc2ccccc2C1c1ccc(F)cc1. The van der Waals surface area contributed by atoms with Crippen molar-refractivity contribution in [2.24, 2.45) is 11.8 Å². The van der Waals surface area contributed by atoms with Crippen LogP contribution in [0.1, 0.15) is 48.1 Å². The van der Waals surface area contributed by atoms with E-state index in [-0.39, 0.29) is 18.1 Å². The van der Waals surface area contributed by atoms with E-state index in [2.05, 4.69) is 71.3 Å². The second-order valence-electron chi connectivity index (χ2n) is 10.6. The highest BCUT2D eigenvalue weighted by atomic mass is 19.1. The Balaban J connectivity index is 1.19. The Bertz CT molecular complexity index is 1120. The Hall–Kier alpha value is -2.53. The van der Waals surface area contributed by atoms with Crippen LogP contribution in [0.5, 0.6) is 0 Å². The fraction of sp³-hybridized carbons (Fsp3) is 0.419. The first-order valence-electron chi connectivity index (χ1n) is 13.2. The normalized spacial score (nSPS) is 27.5. The Morgan fingerprint density at radius 3 is 2.31 bits per heavy atom. The van der Waals surface area contributed by atoms with Gasteiger partial charge in [0, 0.05) is 26.2 Å². The number of hydrogen-bond donors (Lipinski definition) is 0. The van der Waals surface area contributed by atoms with Crippen LogP contribution >= 0.6 is 0 Å². The third-order valence-electron chi connectivity index (χ3n) is 8.40. The predicted molar refractivity (Wildman–Crippen MR) is 137 cm³/mol. The molecule has 3 aliphatic rings. The Morgan fingerprint density at radius 2 is 1.57 bits per heavy atom. The summed E-state index contributed by atoms with van der Waals surface area (Å²) in [4.78, 5) is 5.12. The third-order valence-corrected chi connectivity index (χ3v) is 8.40. The largest absolute Gasteiger partial charge is 0.360 e. The summed E-state index contributed by atoms with van der Waals surface area (Å²) in [6.45, 7) is 6.44. The number of likely N-dealkylation sites (tertiary alicyclic amines) is 1. The maximum Gasteiger partial charge on any atom is 0.123 e. The first-order chi connectivity index (χ1) is 17.2. The van der Waals surface area contributed by atoms with Gasteiger partial charge in [-0.25, -0.2) is 4.39 Å². The first kappa shape index (κ1) is 22.9. The molecule has 0 radical (unpaired) electrons. The summed E-state index contributed by atoms with van der Waals surface area (Å²) >= 11 is 0. The van der Waals surface area contributed by atoms with Crippen molar-refractivity contribution in [2.75, 3.05) is 19.6 Å². The van der Waals surface area contributed by atoms with Gasteiger partial charge in [-0.15, -0.1) is 0 Å². The van der Waals surface area contributed by atoms with Gasteiger partial charge in [0.2, 0.25) is 0 Å². The molecule has 3 nitrogen and oxygen atoms in total. The van der Waals surface area contributed by atoms with Crippen molar-refractivity contribution in [3.8, 4) is 0 Å². The minimum Gasteiger partial charge on any atom is -0.360 e. The van der Waals surface area contributed by atoms with Crippen LogP contribution in [0.15, 0.2) is 78.9 Å². The number of hydrogen-bond acceptors (Lipinski definition) is 3. The molecule has 3 aromatic carbocycles. The maximum atomic E-state index is 13.7. The molecule has 0 spiro atoms. The molecule has 4 unspecified atom stereocenters. The standard InChI is InChI=1S/C31H35FN2O/c1-22(35-31-26-11-12-27(31)21-33(20-26)19-23-7-3-2-4-8-23)34-18-17-24-9-5-6-10-29(24)30(34)25-13-15-28(32)16-14-25/h2-10,13-16,22,26-27,30-31H,11-12,17-21H2,1H3. The molecule has 3 aromatic rings. The molecule has 35 heavy (non-hydrogen) atoms. The highest BCUT2D eigenvalue weighted by molar-refractivity contribution is 5.39. The number of halogens is 1. The minimum absolute atomic E-state index is 0.00665. The molecule has 1 saturated carbocycles. The Morgan fingerprint density at radius 1 is 0.886 bits per heavy atom. The van der Waals surface area contributed by atoms with Crippen LogP contribution in [0.4, 0.5) is 4.39 Å². The average Bonchev–Trinajstić information content (AvgIpc) is 3.11. The molecule has 0 amide bonds. The lowest BCUT2D eigenvalue weighted by molar-refractivity contribution is -0.142. The molecule has 1 saturated heterocycles. The van der Waals surface area contributed by atoms with Crippen molar-refractivity contribution < 1.29 is 9.13 Å². The summed E-state index contributed by atoms with van der Waals surface area (Å²) in [6, 6.07) is 26.7. The van der Waals surface area contributed by atoms with E-state index in [9.17, 15) is 4.39 Å². The van der Waals surface area contributed by atoms with Crippen molar-refractivity contribution >= 4 is 0 Å². The smallest absolute Gasteiger partial charge is 0.123 e. The molecular weight excluding hydrogens is 435 g/mol. The zero-order valence-corrected chi connectivity index (χ0v) is 20.5. The van der Waals surface area contributed by atoms with Gasteiger partial charge < -0.3 is 4.74 Å². The van der Waals surface area contributed by atoms with E-state index < -0.39 is 0 Å². The molecule has 182 valence electrons. The van der Waals surface area contributed by atoms with E-state index >= 15 is 0 Å². The topological polar surface area (TPSA) is 15.7 Å². The highest BCUT2D eigenvalue weighted by Crippen LogP contribution is 2.42. The van der Waals surface area contributed by atoms with Crippen molar-refractivity contribution in [3.63, 3.8) is 0 Å². The summed E-state index contributed by atoms with van der Waals surface area (Å²) < 4.78 is 20.7. The van der Waals surface area contributed by atoms with Crippen molar-refractivity contribution in [1.29, 1.82) is 0 Å². The highest BCUT2D eigenvalue weighted by Gasteiger charge is 2.44. The van der Waals surface area contributed by atoms with Gasteiger partial charge in [-0.3, -0.25) is 9.80 Å². The molecule has 4 atom stereocenters. The molecule has 0 aromatic heterocycles. The molecule has 2 bridgehead atoms. The fourth-order valence-corrected chi connectivity index (χ4v) is 6.76. The van der Waals surface area contributed by atoms with E-state index in [1.165, 1.54) is 29.5 Å². The lowest BCUT2D eigenvalue weighted by Gasteiger charge is -2.45. The van der Waals surface area contributed by atoms with Crippen LogP contribution in [0.25, 0.3) is 0 Å². The van der Waals surface area contributed by atoms with E-state index in [0.717, 1.165) is 38.2 Å². The average molecular weight is 471 g/mol. The second kappa shape index (κ2) is 9.85. The van der Waals surface area contributed by atoms with Crippen molar-refractivity contribution in [1.82, 2.24) is 9.80 Å². The lowest BCUT2D eigenvalue weighted by atomic mass is 9.88. The van der Waals surface area contributed by atoms with Crippen LogP contribution in [0.3, 0.4) is 0 Å². The van der Waals surface area contributed by atoms with Gasteiger partial charge in [0.05, 0.1) is 12.1 Å².